The van der Waals surface area contributed by atoms with Gasteiger partial charge < -0.3 is 24.7 Å². The monoisotopic (exact) mass is 546 g/mol. The Balaban J connectivity index is 1.31. The normalized spacial score (nSPS) is 27.8. The molecule has 2 N–H and O–H groups in total. The molecule has 8 heteroatoms. The molecule has 4 fully saturated rings. The maximum Gasteiger partial charge on any atom is 0.481 e. The van der Waals surface area contributed by atoms with Gasteiger partial charge in [0.2, 0.25) is 5.91 Å². The molecule has 0 radical (unpaired) electrons. The van der Waals surface area contributed by atoms with Crippen molar-refractivity contribution in [3.63, 3.8) is 0 Å². The van der Waals surface area contributed by atoms with Crippen LogP contribution in [-0.2, 0) is 14.1 Å². The first-order valence-electron chi connectivity index (χ1n) is 14.6. The minimum absolute atomic E-state index is 0.0428. The number of carbonyl (C=O) groups is 2. The van der Waals surface area contributed by atoms with Crippen LogP contribution in [0.25, 0.3) is 0 Å². The van der Waals surface area contributed by atoms with E-state index in [1.165, 1.54) is 6.42 Å². The van der Waals surface area contributed by atoms with Gasteiger partial charge >= 0.3 is 7.12 Å². The van der Waals surface area contributed by atoms with Crippen LogP contribution in [0.1, 0.15) is 82.3 Å². The molecular weight excluding hydrogens is 503 g/mol. The van der Waals surface area contributed by atoms with Gasteiger partial charge in [0, 0.05) is 5.56 Å². The van der Waals surface area contributed by atoms with E-state index in [2.05, 4.69) is 45.3 Å². The Morgan fingerprint density at radius 1 is 1.05 bits per heavy atom. The first-order valence-corrected chi connectivity index (χ1v) is 14.6. The SMILES string of the molecule is COc1ccc(C(CC(=O)N[C@@H](CC(C)C)B2O[C@H]3C4CC(C[C@]3(C)O2)C4(C)C)NC(=O)c2ccccc2)cc1. The first kappa shape index (κ1) is 28.7. The molecule has 2 aromatic carbocycles. The maximum absolute atomic E-state index is 13.6. The second-order valence-electron chi connectivity index (χ2n) is 13.1. The number of amides is 2. The summed E-state index contributed by atoms with van der Waals surface area (Å²) in [4.78, 5) is 26.7. The number of methoxy groups -OCH3 is 1. The van der Waals surface area contributed by atoms with Gasteiger partial charge in [-0.25, -0.2) is 0 Å². The summed E-state index contributed by atoms with van der Waals surface area (Å²) >= 11 is 0. The van der Waals surface area contributed by atoms with Crippen LogP contribution in [0.3, 0.4) is 0 Å². The zero-order chi connectivity index (χ0) is 28.7. The zero-order valence-corrected chi connectivity index (χ0v) is 24.6. The topological polar surface area (TPSA) is 85.9 Å². The number of hydrogen-bond acceptors (Lipinski definition) is 5. The van der Waals surface area contributed by atoms with Crippen LogP contribution >= 0.6 is 0 Å². The van der Waals surface area contributed by atoms with Crippen molar-refractivity contribution in [1.82, 2.24) is 10.6 Å². The fourth-order valence-electron chi connectivity index (χ4n) is 7.03. The van der Waals surface area contributed by atoms with E-state index in [0.717, 1.165) is 18.4 Å². The summed E-state index contributed by atoms with van der Waals surface area (Å²) in [6.45, 7) is 11.2. The van der Waals surface area contributed by atoms with Crippen molar-refractivity contribution in [3.8, 4) is 5.75 Å². The molecule has 2 amide bonds. The van der Waals surface area contributed by atoms with Gasteiger partial charge in [0.05, 0.1) is 37.2 Å². The molecule has 3 saturated carbocycles. The quantitative estimate of drug-likeness (QED) is 0.392. The Labute approximate surface area is 238 Å². The third-order valence-electron chi connectivity index (χ3n) is 9.48. The number of benzene rings is 2. The Kier molecular flexibility index (Phi) is 8.04. The molecule has 7 nitrogen and oxygen atoms in total. The molecular formula is C32H43BN2O5. The number of rotatable bonds is 10. The summed E-state index contributed by atoms with van der Waals surface area (Å²) in [5.74, 6) is 1.52. The van der Waals surface area contributed by atoms with Crippen molar-refractivity contribution in [1.29, 1.82) is 0 Å². The van der Waals surface area contributed by atoms with Crippen LogP contribution < -0.4 is 15.4 Å². The molecule has 40 heavy (non-hydrogen) atoms. The summed E-state index contributed by atoms with van der Waals surface area (Å²) in [7, 11) is 1.12. The Bertz CT molecular complexity index is 1200. The van der Waals surface area contributed by atoms with E-state index in [0.29, 0.717) is 29.1 Å². The third kappa shape index (κ3) is 5.66. The van der Waals surface area contributed by atoms with E-state index in [4.69, 9.17) is 14.0 Å². The van der Waals surface area contributed by atoms with E-state index in [-0.39, 0.29) is 41.3 Å². The lowest BCUT2D eigenvalue weighted by atomic mass is 9.45. The predicted octanol–water partition coefficient (Wildman–Crippen LogP) is 5.35. The summed E-state index contributed by atoms with van der Waals surface area (Å²) in [6, 6.07) is 16.0. The molecule has 3 unspecified atom stereocenters. The minimum Gasteiger partial charge on any atom is -0.497 e. The predicted molar refractivity (Wildman–Crippen MR) is 156 cm³/mol. The summed E-state index contributed by atoms with van der Waals surface area (Å²) < 4.78 is 18.6. The molecule has 2 aromatic rings. The Morgan fingerprint density at radius 3 is 2.38 bits per heavy atom. The van der Waals surface area contributed by atoms with Gasteiger partial charge in [0.15, 0.2) is 0 Å². The van der Waals surface area contributed by atoms with E-state index >= 15 is 0 Å². The molecule has 4 aliphatic rings. The average molecular weight is 547 g/mol. The average Bonchev–Trinajstić information content (AvgIpc) is 3.30. The lowest BCUT2D eigenvalue weighted by Crippen LogP contribution is -2.63. The molecule has 6 rings (SSSR count). The van der Waals surface area contributed by atoms with E-state index in [9.17, 15) is 9.59 Å². The lowest BCUT2D eigenvalue weighted by Gasteiger charge is -2.63. The lowest BCUT2D eigenvalue weighted by molar-refractivity contribution is -0.185. The van der Waals surface area contributed by atoms with Crippen LogP contribution in [0.15, 0.2) is 54.6 Å². The molecule has 0 spiro atoms. The summed E-state index contributed by atoms with van der Waals surface area (Å²) in [5.41, 5.74) is 1.32. The molecule has 3 aliphatic carbocycles. The van der Waals surface area contributed by atoms with Gasteiger partial charge in [-0.2, -0.15) is 0 Å². The van der Waals surface area contributed by atoms with Crippen LogP contribution in [0.4, 0.5) is 0 Å². The minimum atomic E-state index is -0.517. The van der Waals surface area contributed by atoms with Gasteiger partial charge in [-0.1, -0.05) is 58.0 Å². The van der Waals surface area contributed by atoms with Crippen molar-refractivity contribution in [2.75, 3.05) is 7.11 Å². The third-order valence-corrected chi connectivity index (χ3v) is 9.48. The van der Waals surface area contributed by atoms with Gasteiger partial charge in [-0.05, 0) is 79.2 Å². The molecule has 1 heterocycles. The van der Waals surface area contributed by atoms with Crippen LogP contribution in [0.2, 0.25) is 0 Å². The number of carbonyl (C=O) groups excluding carboxylic acids is 2. The molecule has 0 aromatic heterocycles. The van der Waals surface area contributed by atoms with Gasteiger partial charge in [-0.15, -0.1) is 0 Å². The van der Waals surface area contributed by atoms with Crippen molar-refractivity contribution in [3.05, 3.63) is 65.7 Å². The highest BCUT2D eigenvalue weighted by molar-refractivity contribution is 6.47. The fourth-order valence-corrected chi connectivity index (χ4v) is 7.03. The van der Waals surface area contributed by atoms with E-state index in [1.54, 1.807) is 19.2 Å². The Hall–Kier alpha value is -2.84. The maximum atomic E-state index is 13.6. The fraction of sp³-hybridized carbons (Fsp3) is 0.562. The highest BCUT2D eigenvalue weighted by Gasteiger charge is 2.67. The standard InChI is InChI=1S/C32H43BN2O5/c1-20(2)16-27(33-39-29-25-17-23(31(25,3)4)19-32(29,5)40-33)35-28(36)18-26(21-12-14-24(38-6)15-13-21)34-30(37)22-10-8-7-9-11-22/h7-15,20,23,25-27,29H,16-19H2,1-6H3,(H,34,37)(H,35,36)/t23?,25?,26?,27-,29-,32-/m0/s1. The smallest absolute Gasteiger partial charge is 0.481 e. The van der Waals surface area contributed by atoms with Gasteiger partial charge in [0.1, 0.15) is 5.75 Å². The number of nitrogens with one attached hydrogen (secondary N) is 2. The highest BCUT2D eigenvalue weighted by atomic mass is 16.7. The van der Waals surface area contributed by atoms with Gasteiger partial charge in [0.25, 0.3) is 5.91 Å². The van der Waals surface area contributed by atoms with Crippen molar-refractivity contribution in [2.45, 2.75) is 84.0 Å². The van der Waals surface area contributed by atoms with Crippen LogP contribution in [0, 0.1) is 23.2 Å². The van der Waals surface area contributed by atoms with Gasteiger partial charge in [-0.3, -0.25) is 9.59 Å². The molecule has 1 aliphatic heterocycles. The van der Waals surface area contributed by atoms with Crippen molar-refractivity contribution in [2.24, 2.45) is 23.2 Å². The largest absolute Gasteiger partial charge is 0.497 e. The Morgan fingerprint density at radius 2 is 1.75 bits per heavy atom. The number of ether oxygens (including phenoxy) is 1. The molecule has 6 atom stereocenters. The molecule has 1 saturated heterocycles. The summed E-state index contributed by atoms with van der Waals surface area (Å²) in [5, 5.41) is 6.30. The molecule has 214 valence electrons. The number of hydrogen-bond donors (Lipinski definition) is 2. The second-order valence-corrected chi connectivity index (χ2v) is 13.1. The highest BCUT2D eigenvalue weighted by Crippen LogP contribution is 2.64. The zero-order valence-electron chi connectivity index (χ0n) is 24.6. The van der Waals surface area contributed by atoms with E-state index in [1.807, 2.05) is 42.5 Å². The summed E-state index contributed by atoms with van der Waals surface area (Å²) in [6.07, 6.45) is 3.05. The molecule has 2 bridgehead atoms. The first-order chi connectivity index (χ1) is 19.0. The van der Waals surface area contributed by atoms with Crippen molar-refractivity contribution >= 4 is 18.9 Å². The van der Waals surface area contributed by atoms with Crippen LogP contribution in [-0.4, -0.2) is 43.7 Å². The van der Waals surface area contributed by atoms with E-state index < -0.39 is 13.2 Å². The van der Waals surface area contributed by atoms with Crippen LogP contribution in [0.5, 0.6) is 5.75 Å². The van der Waals surface area contributed by atoms with Crippen molar-refractivity contribution < 1.29 is 23.6 Å². The second kappa shape index (κ2) is 11.2.